The Hall–Kier alpha value is -0.820. The Kier molecular flexibility index (Phi) is 5.20. The zero-order valence-corrected chi connectivity index (χ0v) is 11.4. The first-order valence-electron chi connectivity index (χ1n) is 6.53. The number of amides is 1. The molecule has 1 unspecified atom stereocenters. The fraction of sp³-hybridized carbons (Fsp3) is 0.917. The summed E-state index contributed by atoms with van der Waals surface area (Å²) in [6, 6.07) is 0.273. The maximum absolute atomic E-state index is 12.3. The molecule has 1 aliphatic rings. The lowest BCUT2D eigenvalue weighted by molar-refractivity contribution is -0.146. The molecule has 0 aromatic rings. The minimum atomic E-state index is -4.22. The van der Waals surface area contributed by atoms with Crippen molar-refractivity contribution in [3.8, 4) is 0 Å². The molecular weight excluding hydrogens is 259 g/mol. The van der Waals surface area contributed by atoms with Crippen LogP contribution in [0.5, 0.6) is 0 Å². The lowest BCUT2D eigenvalue weighted by atomic mass is 9.96. The van der Waals surface area contributed by atoms with Gasteiger partial charge in [0.25, 0.3) is 0 Å². The van der Waals surface area contributed by atoms with Crippen LogP contribution in [0.4, 0.5) is 13.2 Å². The molecule has 112 valence electrons. The van der Waals surface area contributed by atoms with Crippen molar-refractivity contribution in [3.63, 3.8) is 0 Å². The summed E-state index contributed by atoms with van der Waals surface area (Å²) in [7, 11) is 0. The number of halogens is 3. The quantitative estimate of drug-likeness (QED) is 0.704. The molecule has 19 heavy (non-hydrogen) atoms. The van der Waals surface area contributed by atoms with Gasteiger partial charge in [-0.1, -0.05) is 6.92 Å². The van der Waals surface area contributed by atoms with Gasteiger partial charge >= 0.3 is 6.18 Å². The number of carbonyl (C=O) groups excluding carboxylic acids is 1. The number of rotatable bonds is 8. The lowest BCUT2D eigenvalue weighted by Gasteiger charge is -2.31. The van der Waals surface area contributed by atoms with E-state index in [1.165, 1.54) is 4.90 Å². The summed E-state index contributed by atoms with van der Waals surface area (Å²) >= 11 is 0. The minimum Gasteiger partial charge on any atom is -0.368 e. The minimum absolute atomic E-state index is 0.190. The van der Waals surface area contributed by atoms with Crippen LogP contribution in [0.2, 0.25) is 0 Å². The molecule has 0 bridgehead atoms. The Morgan fingerprint density at radius 1 is 1.42 bits per heavy atom. The number of nitrogens with one attached hydrogen (secondary N) is 1. The summed E-state index contributed by atoms with van der Waals surface area (Å²) in [5, 5.41) is 3.13. The van der Waals surface area contributed by atoms with Crippen LogP contribution in [0.15, 0.2) is 0 Å². The van der Waals surface area contributed by atoms with Crippen molar-refractivity contribution < 1.29 is 18.0 Å². The van der Waals surface area contributed by atoms with Gasteiger partial charge in [-0.15, -0.1) is 0 Å². The van der Waals surface area contributed by atoms with Crippen LogP contribution in [-0.4, -0.2) is 48.2 Å². The van der Waals surface area contributed by atoms with Crippen molar-refractivity contribution in [3.05, 3.63) is 0 Å². The molecule has 0 aliphatic heterocycles. The number of hydrogen-bond donors (Lipinski definition) is 2. The van der Waals surface area contributed by atoms with Gasteiger partial charge in [-0.3, -0.25) is 9.69 Å². The highest BCUT2D eigenvalue weighted by molar-refractivity contribution is 5.84. The van der Waals surface area contributed by atoms with E-state index >= 15 is 0 Å². The van der Waals surface area contributed by atoms with Gasteiger partial charge in [0.2, 0.25) is 5.91 Å². The molecule has 1 aliphatic carbocycles. The molecule has 1 fully saturated rings. The molecule has 3 N–H and O–H groups in total. The van der Waals surface area contributed by atoms with Crippen molar-refractivity contribution in [2.24, 2.45) is 5.73 Å². The van der Waals surface area contributed by atoms with E-state index in [9.17, 15) is 18.0 Å². The van der Waals surface area contributed by atoms with Crippen molar-refractivity contribution >= 4 is 5.91 Å². The molecule has 0 aromatic carbocycles. The molecule has 0 heterocycles. The van der Waals surface area contributed by atoms with Gasteiger partial charge in [-0.05, 0) is 32.7 Å². The first kappa shape index (κ1) is 16.2. The van der Waals surface area contributed by atoms with E-state index in [0.717, 1.165) is 12.8 Å². The second-order valence-corrected chi connectivity index (χ2v) is 5.35. The number of nitrogens with zero attached hydrogens (tertiary/aromatic N) is 1. The summed E-state index contributed by atoms with van der Waals surface area (Å²) in [5.74, 6) is -0.512. The summed E-state index contributed by atoms with van der Waals surface area (Å²) < 4.78 is 37.0. The first-order chi connectivity index (χ1) is 8.66. The van der Waals surface area contributed by atoms with E-state index in [-0.39, 0.29) is 25.6 Å². The lowest BCUT2D eigenvalue weighted by Crippen LogP contribution is -2.55. The van der Waals surface area contributed by atoms with Gasteiger partial charge in [0.05, 0.1) is 12.1 Å². The van der Waals surface area contributed by atoms with Crippen molar-refractivity contribution in [2.45, 2.75) is 50.9 Å². The van der Waals surface area contributed by atoms with Gasteiger partial charge in [0, 0.05) is 12.6 Å². The molecule has 1 saturated carbocycles. The van der Waals surface area contributed by atoms with Crippen LogP contribution >= 0.6 is 0 Å². The molecule has 4 nitrogen and oxygen atoms in total. The van der Waals surface area contributed by atoms with Crippen LogP contribution in [-0.2, 0) is 4.79 Å². The third kappa shape index (κ3) is 5.78. The van der Waals surface area contributed by atoms with Crippen molar-refractivity contribution in [1.29, 1.82) is 0 Å². The van der Waals surface area contributed by atoms with Crippen molar-refractivity contribution in [1.82, 2.24) is 10.2 Å². The monoisotopic (exact) mass is 281 g/mol. The van der Waals surface area contributed by atoms with Crippen LogP contribution in [0.1, 0.15) is 33.1 Å². The maximum atomic E-state index is 12.3. The highest BCUT2D eigenvalue weighted by Gasteiger charge is 2.38. The Morgan fingerprint density at radius 3 is 2.37 bits per heavy atom. The Labute approximate surface area is 111 Å². The van der Waals surface area contributed by atoms with E-state index in [2.05, 4.69) is 5.32 Å². The Balaban J connectivity index is 2.51. The van der Waals surface area contributed by atoms with Gasteiger partial charge in [0.1, 0.15) is 0 Å². The Bertz CT molecular complexity index is 318. The van der Waals surface area contributed by atoms with Crippen LogP contribution in [0, 0.1) is 0 Å². The number of alkyl halides is 3. The van der Waals surface area contributed by atoms with Gasteiger partial charge < -0.3 is 11.1 Å². The smallest absolute Gasteiger partial charge is 0.368 e. The summed E-state index contributed by atoms with van der Waals surface area (Å²) in [6.07, 6.45) is -1.96. The van der Waals surface area contributed by atoms with E-state index in [0.29, 0.717) is 0 Å². The average Bonchev–Trinajstić information content (AvgIpc) is 3.06. The largest absolute Gasteiger partial charge is 0.401 e. The normalized spacial score (nSPS) is 19.5. The molecule has 7 heteroatoms. The Morgan fingerprint density at radius 2 is 2.00 bits per heavy atom. The summed E-state index contributed by atoms with van der Waals surface area (Å²) in [4.78, 5) is 12.8. The highest BCUT2D eigenvalue weighted by Crippen LogP contribution is 2.24. The van der Waals surface area contributed by atoms with Crippen LogP contribution in [0.25, 0.3) is 0 Å². The third-order valence-electron chi connectivity index (χ3n) is 3.42. The fourth-order valence-corrected chi connectivity index (χ4v) is 1.93. The SMILES string of the molecule is CCN(CCC(C)(NC1CC1)C(N)=O)CC(F)(F)F. The maximum Gasteiger partial charge on any atom is 0.401 e. The standard InChI is InChI=1S/C12H22F3N3O/c1-3-18(8-12(13,14)15)7-6-11(2,10(16)19)17-9-4-5-9/h9,17H,3-8H2,1-2H3,(H2,16,19). The summed E-state index contributed by atoms with van der Waals surface area (Å²) in [5.41, 5.74) is 4.43. The second kappa shape index (κ2) is 6.09. The van der Waals surface area contributed by atoms with Gasteiger partial charge in [-0.25, -0.2) is 0 Å². The topological polar surface area (TPSA) is 58.4 Å². The second-order valence-electron chi connectivity index (χ2n) is 5.35. The molecule has 0 saturated heterocycles. The predicted octanol–water partition coefficient (Wildman–Crippen LogP) is 1.26. The third-order valence-corrected chi connectivity index (χ3v) is 3.42. The molecular formula is C12H22F3N3O. The average molecular weight is 281 g/mol. The van der Waals surface area contributed by atoms with E-state index in [1.54, 1.807) is 13.8 Å². The van der Waals surface area contributed by atoms with Crippen molar-refractivity contribution in [2.75, 3.05) is 19.6 Å². The zero-order valence-electron chi connectivity index (χ0n) is 11.4. The molecule has 1 amide bonds. The zero-order chi connectivity index (χ0) is 14.7. The molecule has 0 spiro atoms. The fourth-order valence-electron chi connectivity index (χ4n) is 1.93. The highest BCUT2D eigenvalue weighted by atomic mass is 19.4. The number of primary amides is 1. The van der Waals surface area contributed by atoms with E-state index < -0.39 is 24.2 Å². The van der Waals surface area contributed by atoms with Crippen LogP contribution in [0.3, 0.4) is 0 Å². The van der Waals surface area contributed by atoms with E-state index in [4.69, 9.17) is 5.73 Å². The van der Waals surface area contributed by atoms with Gasteiger partial charge in [0.15, 0.2) is 0 Å². The number of hydrogen-bond acceptors (Lipinski definition) is 3. The molecule has 1 rings (SSSR count). The first-order valence-corrected chi connectivity index (χ1v) is 6.53. The predicted molar refractivity (Wildman–Crippen MR) is 66.5 cm³/mol. The van der Waals surface area contributed by atoms with Gasteiger partial charge in [-0.2, -0.15) is 13.2 Å². The molecule has 1 atom stereocenters. The molecule has 0 aromatic heterocycles. The summed E-state index contributed by atoms with van der Waals surface area (Å²) in [6.45, 7) is 2.85. The van der Waals surface area contributed by atoms with E-state index in [1.807, 2.05) is 0 Å². The number of nitrogens with two attached hydrogens (primary N) is 1. The molecule has 0 radical (unpaired) electrons. The number of carbonyl (C=O) groups is 1. The van der Waals surface area contributed by atoms with Crippen LogP contribution < -0.4 is 11.1 Å².